The van der Waals surface area contributed by atoms with Gasteiger partial charge in [0.2, 0.25) is 0 Å². The number of nitrogens with zero attached hydrogens (tertiary/aromatic N) is 4. The lowest BCUT2D eigenvalue weighted by Crippen LogP contribution is -2.51. The number of anilines is 1. The highest BCUT2D eigenvalue weighted by atomic mass is 127. The summed E-state index contributed by atoms with van der Waals surface area (Å²) in [6, 6.07) is 0.475. The molecule has 1 atom stereocenters. The Morgan fingerprint density at radius 1 is 1.32 bits per heavy atom. The summed E-state index contributed by atoms with van der Waals surface area (Å²) in [7, 11) is 4.34. The lowest BCUT2D eigenvalue weighted by molar-refractivity contribution is 0.113. The van der Waals surface area contributed by atoms with Crippen LogP contribution in [0.2, 0.25) is 0 Å². The summed E-state index contributed by atoms with van der Waals surface area (Å²) in [6.07, 6.45) is 1.77. The van der Waals surface area contributed by atoms with Gasteiger partial charge in [-0.3, -0.25) is 0 Å². The van der Waals surface area contributed by atoms with Crippen molar-refractivity contribution in [2.24, 2.45) is 0 Å². The molecule has 2 N–H and O–H groups in total. The maximum atomic E-state index is 5.98. The smallest absolute Gasteiger partial charge is 0.140 e. The van der Waals surface area contributed by atoms with Crippen molar-refractivity contribution in [2.45, 2.75) is 25.8 Å². The van der Waals surface area contributed by atoms with Crippen molar-refractivity contribution in [3.8, 4) is 0 Å². The number of aromatic nitrogens is 2. The number of nitrogens with two attached hydrogens (primary N) is 1. The molecule has 0 saturated carbocycles. The van der Waals surface area contributed by atoms with Crippen molar-refractivity contribution >= 4 is 28.4 Å². The summed E-state index contributed by atoms with van der Waals surface area (Å²) in [5.41, 5.74) is 7.05. The number of hydrogen-bond acceptors (Lipinski definition) is 5. The quantitative estimate of drug-likeness (QED) is 0.800. The number of aryl methyl sites for hydroxylation is 1. The summed E-state index contributed by atoms with van der Waals surface area (Å²) in [4.78, 5) is 13.9. The topological polar surface area (TPSA) is 58.3 Å². The first-order chi connectivity index (χ1) is 9.01. The van der Waals surface area contributed by atoms with Crippen LogP contribution in [0, 0.1) is 3.57 Å². The Morgan fingerprint density at radius 3 is 2.74 bits per heavy atom. The van der Waals surface area contributed by atoms with Gasteiger partial charge in [-0.1, -0.05) is 6.92 Å². The van der Waals surface area contributed by atoms with Crippen LogP contribution < -0.4 is 5.73 Å². The molecule has 106 valence electrons. The first kappa shape index (κ1) is 14.9. The van der Waals surface area contributed by atoms with E-state index in [0.29, 0.717) is 11.9 Å². The maximum Gasteiger partial charge on any atom is 0.140 e. The summed E-state index contributed by atoms with van der Waals surface area (Å²) < 4.78 is 0.998. The molecule has 0 bridgehead atoms. The van der Waals surface area contributed by atoms with E-state index in [2.05, 4.69) is 63.4 Å². The van der Waals surface area contributed by atoms with E-state index in [0.717, 1.165) is 47.6 Å². The van der Waals surface area contributed by atoms with Crippen molar-refractivity contribution in [3.05, 3.63) is 15.1 Å². The third kappa shape index (κ3) is 3.55. The molecule has 1 aliphatic rings. The molecule has 0 radical (unpaired) electrons. The highest BCUT2D eigenvalue weighted by molar-refractivity contribution is 14.1. The van der Waals surface area contributed by atoms with Gasteiger partial charge in [-0.15, -0.1) is 0 Å². The van der Waals surface area contributed by atoms with E-state index >= 15 is 0 Å². The van der Waals surface area contributed by atoms with E-state index in [9.17, 15) is 0 Å². The number of nitrogen functional groups attached to an aromatic ring is 1. The molecular weight excluding hydrogens is 353 g/mol. The van der Waals surface area contributed by atoms with Gasteiger partial charge in [-0.2, -0.15) is 0 Å². The molecule has 0 spiro atoms. The lowest BCUT2D eigenvalue weighted by Gasteiger charge is -2.37. The van der Waals surface area contributed by atoms with E-state index in [4.69, 9.17) is 5.73 Å². The molecule has 0 amide bonds. The predicted octanol–water partition coefficient (Wildman–Crippen LogP) is 1.01. The Bertz CT molecular complexity index is 451. The summed E-state index contributed by atoms with van der Waals surface area (Å²) in [5.74, 6) is 1.50. The van der Waals surface area contributed by atoms with Gasteiger partial charge in [0.15, 0.2) is 0 Å². The maximum absolute atomic E-state index is 5.98. The van der Waals surface area contributed by atoms with Crippen LogP contribution in [0.5, 0.6) is 0 Å². The summed E-state index contributed by atoms with van der Waals surface area (Å²) >= 11 is 2.23. The van der Waals surface area contributed by atoms with E-state index in [1.807, 2.05) is 0 Å². The van der Waals surface area contributed by atoms with Crippen molar-refractivity contribution in [1.29, 1.82) is 0 Å². The second-order valence-corrected chi connectivity index (χ2v) is 6.32. The molecule has 2 rings (SSSR count). The number of likely N-dealkylation sites (N-methyl/N-ethyl adjacent to an activating group) is 2. The van der Waals surface area contributed by atoms with E-state index in [1.54, 1.807) is 0 Å². The number of hydrogen-bond donors (Lipinski definition) is 1. The van der Waals surface area contributed by atoms with Crippen LogP contribution >= 0.6 is 22.6 Å². The number of halogens is 1. The fourth-order valence-electron chi connectivity index (χ4n) is 2.42. The fourth-order valence-corrected chi connectivity index (χ4v) is 3.05. The highest BCUT2D eigenvalue weighted by Gasteiger charge is 2.23. The van der Waals surface area contributed by atoms with Crippen LogP contribution in [0.25, 0.3) is 0 Å². The molecule has 0 aromatic carbocycles. The lowest BCUT2D eigenvalue weighted by atomic mass is 10.1. The van der Waals surface area contributed by atoms with Crippen LogP contribution in [0.3, 0.4) is 0 Å². The molecule has 1 aliphatic heterocycles. The van der Waals surface area contributed by atoms with Gasteiger partial charge in [0.1, 0.15) is 11.6 Å². The van der Waals surface area contributed by atoms with E-state index in [-0.39, 0.29) is 0 Å². The van der Waals surface area contributed by atoms with Crippen LogP contribution in [0.15, 0.2) is 0 Å². The van der Waals surface area contributed by atoms with Crippen LogP contribution in [-0.4, -0.2) is 59.5 Å². The molecule has 1 unspecified atom stereocenters. The van der Waals surface area contributed by atoms with Gasteiger partial charge in [0.05, 0.1) is 9.26 Å². The SMILES string of the molecule is CCc1nc(CC2CN(C)CCN2C)nc(N)c1I. The van der Waals surface area contributed by atoms with Crippen LogP contribution in [0.4, 0.5) is 5.82 Å². The summed E-state index contributed by atoms with van der Waals surface area (Å²) in [6.45, 7) is 5.39. The first-order valence-corrected chi connectivity index (χ1v) is 7.78. The van der Waals surface area contributed by atoms with Gasteiger partial charge in [0, 0.05) is 32.1 Å². The zero-order valence-electron chi connectivity index (χ0n) is 11.9. The van der Waals surface area contributed by atoms with Crippen molar-refractivity contribution in [3.63, 3.8) is 0 Å². The highest BCUT2D eigenvalue weighted by Crippen LogP contribution is 2.18. The van der Waals surface area contributed by atoms with Crippen molar-refractivity contribution < 1.29 is 0 Å². The van der Waals surface area contributed by atoms with Gasteiger partial charge >= 0.3 is 0 Å². The zero-order chi connectivity index (χ0) is 14.0. The predicted molar refractivity (Wildman–Crippen MR) is 86.2 cm³/mol. The third-order valence-electron chi connectivity index (χ3n) is 3.73. The third-order valence-corrected chi connectivity index (χ3v) is 4.90. The molecule has 5 nitrogen and oxygen atoms in total. The average Bonchev–Trinajstić information content (AvgIpc) is 2.38. The van der Waals surface area contributed by atoms with Gasteiger partial charge in [0.25, 0.3) is 0 Å². The normalized spacial score (nSPS) is 21.8. The fraction of sp³-hybridized carbons (Fsp3) is 0.692. The first-order valence-electron chi connectivity index (χ1n) is 6.70. The van der Waals surface area contributed by atoms with Crippen LogP contribution in [0.1, 0.15) is 18.4 Å². The zero-order valence-corrected chi connectivity index (χ0v) is 14.0. The Balaban J connectivity index is 2.16. The monoisotopic (exact) mass is 375 g/mol. The van der Waals surface area contributed by atoms with Gasteiger partial charge in [-0.25, -0.2) is 9.97 Å². The molecule has 6 heteroatoms. The van der Waals surface area contributed by atoms with Gasteiger partial charge < -0.3 is 15.5 Å². The molecule has 1 fully saturated rings. The van der Waals surface area contributed by atoms with Crippen molar-refractivity contribution in [1.82, 2.24) is 19.8 Å². The number of piperazine rings is 1. The Kier molecular flexibility index (Phi) is 4.97. The molecule has 1 saturated heterocycles. The Hall–Kier alpha value is -0.470. The second-order valence-electron chi connectivity index (χ2n) is 5.24. The van der Waals surface area contributed by atoms with Crippen molar-refractivity contribution in [2.75, 3.05) is 39.5 Å². The van der Waals surface area contributed by atoms with Gasteiger partial charge in [-0.05, 0) is 43.1 Å². The molecule has 19 heavy (non-hydrogen) atoms. The molecule has 0 aliphatic carbocycles. The van der Waals surface area contributed by atoms with E-state index in [1.165, 1.54) is 0 Å². The molecular formula is C13H22IN5. The minimum atomic E-state index is 0.475. The van der Waals surface area contributed by atoms with Crippen LogP contribution in [-0.2, 0) is 12.8 Å². The minimum Gasteiger partial charge on any atom is -0.383 e. The molecule has 1 aromatic heterocycles. The Morgan fingerprint density at radius 2 is 2.05 bits per heavy atom. The molecule has 1 aromatic rings. The van der Waals surface area contributed by atoms with E-state index < -0.39 is 0 Å². The molecule has 2 heterocycles. The standard InChI is InChI=1S/C13H22IN5/c1-4-10-12(14)13(15)17-11(16-10)7-9-8-18(2)5-6-19(9)3/h9H,4-8H2,1-3H3,(H2,15,16,17). The Labute approximate surface area is 128 Å². The minimum absolute atomic E-state index is 0.475. The number of rotatable bonds is 3. The largest absolute Gasteiger partial charge is 0.383 e. The average molecular weight is 375 g/mol. The second kappa shape index (κ2) is 6.32. The summed E-state index contributed by atoms with van der Waals surface area (Å²) in [5, 5.41) is 0.